The van der Waals surface area contributed by atoms with E-state index in [1.54, 1.807) is 30.3 Å². The van der Waals surface area contributed by atoms with Crippen molar-refractivity contribution in [1.29, 1.82) is 0 Å². The van der Waals surface area contributed by atoms with E-state index in [0.29, 0.717) is 24.5 Å². The molecule has 3 rings (SSSR count). The van der Waals surface area contributed by atoms with E-state index in [0.717, 1.165) is 24.9 Å². The molecule has 142 valence electrons. The van der Waals surface area contributed by atoms with Crippen LogP contribution < -0.4 is 10.6 Å². The summed E-state index contributed by atoms with van der Waals surface area (Å²) in [5.74, 6) is -0.499. The van der Waals surface area contributed by atoms with Crippen LogP contribution in [0.5, 0.6) is 0 Å². The van der Waals surface area contributed by atoms with E-state index < -0.39 is 0 Å². The van der Waals surface area contributed by atoms with Gasteiger partial charge in [-0.3, -0.25) is 14.5 Å². The molecule has 1 saturated heterocycles. The maximum Gasteiger partial charge on any atom is 0.228 e. The minimum atomic E-state index is -0.240. The largest absolute Gasteiger partial charge is 0.326 e. The van der Waals surface area contributed by atoms with Gasteiger partial charge in [0, 0.05) is 31.4 Å². The summed E-state index contributed by atoms with van der Waals surface area (Å²) in [6.07, 6.45) is 1.79. The third kappa shape index (κ3) is 5.62. The highest BCUT2D eigenvalue weighted by Gasteiger charge is 2.26. The second-order valence-electron chi connectivity index (χ2n) is 6.95. The summed E-state index contributed by atoms with van der Waals surface area (Å²) in [5, 5.41) is 5.66. The molecular weight excluding hydrogens is 345 g/mol. The van der Waals surface area contributed by atoms with Crippen LogP contribution in [0.1, 0.15) is 25.3 Å². The van der Waals surface area contributed by atoms with Crippen LogP contribution in [0.25, 0.3) is 0 Å². The van der Waals surface area contributed by atoms with Gasteiger partial charge in [0.1, 0.15) is 5.82 Å². The van der Waals surface area contributed by atoms with E-state index in [4.69, 9.17) is 0 Å². The van der Waals surface area contributed by atoms with Gasteiger partial charge in [-0.05, 0) is 55.3 Å². The molecule has 1 fully saturated rings. The van der Waals surface area contributed by atoms with Crippen LogP contribution in [0.2, 0.25) is 0 Å². The molecular formula is C21H24FN3O2. The van der Waals surface area contributed by atoms with Gasteiger partial charge in [-0.15, -0.1) is 0 Å². The van der Waals surface area contributed by atoms with Crippen LogP contribution >= 0.6 is 0 Å². The van der Waals surface area contributed by atoms with Gasteiger partial charge in [-0.25, -0.2) is 4.39 Å². The standard InChI is InChI=1S/C21H24FN3O2/c1-15(26)23-19-5-2-6-20(12-19)24-21(27)17-4-3-11-25(14-17)13-16-7-9-18(22)10-8-16/h2,5-10,12,17H,3-4,11,13-14H2,1H3,(H,23,26)(H,24,27). The molecule has 2 aromatic rings. The average Bonchev–Trinajstić information content (AvgIpc) is 2.64. The van der Waals surface area contributed by atoms with Gasteiger partial charge in [0.2, 0.25) is 11.8 Å². The third-order valence-corrected chi connectivity index (χ3v) is 4.65. The molecule has 0 saturated carbocycles. The van der Waals surface area contributed by atoms with Crippen LogP contribution in [-0.2, 0) is 16.1 Å². The smallest absolute Gasteiger partial charge is 0.228 e. The lowest BCUT2D eigenvalue weighted by Gasteiger charge is -2.32. The topological polar surface area (TPSA) is 61.4 Å². The van der Waals surface area contributed by atoms with Crippen molar-refractivity contribution in [1.82, 2.24) is 4.90 Å². The fraction of sp³-hybridized carbons (Fsp3) is 0.333. The van der Waals surface area contributed by atoms with E-state index in [1.807, 2.05) is 6.07 Å². The van der Waals surface area contributed by atoms with Gasteiger partial charge >= 0.3 is 0 Å². The highest BCUT2D eigenvalue weighted by atomic mass is 19.1. The predicted octanol–water partition coefficient (Wildman–Crippen LogP) is 3.63. The second kappa shape index (κ2) is 8.77. The maximum atomic E-state index is 13.0. The normalized spacial score (nSPS) is 17.3. The number of hydrogen-bond acceptors (Lipinski definition) is 3. The van der Waals surface area contributed by atoms with Gasteiger partial charge in [0.05, 0.1) is 5.92 Å². The fourth-order valence-corrected chi connectivity index (χ4v) is 3.38. The van der Waals surface area contributed by atoms with E-state index in [-0.39, 0.29) is 23.5 Å². The maximum absolute atomic E-state index is 13.0. The molecule has 27 heavy (non-hydrogen) atoms. The number of halogens is 1. The minimum Gasteiger partial charge on any atom is -0.326 e. The van der Waals surface area contributed by atoms with E-state index in [1.165, 1.54) is 19.1 Å². The molecule has 2 N–H and O–H groups in total. The molecule has 0 aliphatic carbocycles. The van der Waals surface area contributed by atoms with Gasteiger partial charge in [-0.1, -0.05) is 18.2 Å². The number of benzene rings is 2. The first-order chi connectivity index (χ1) is 13.0. The summed E-state index contributed by atoms with van der Waals surface area (Å²) >= 11 is 0. The average molecular weight is 369 g/mol. The number of nitrogens with one attached hydrogen (secondary N) is 2. The molecule has 2 amide bonds. The van der Waals surface area contributed by atoms with Crippen molar-refractivity contribution in [2.75, 3.05) is 23.7 Å². The Labute approximate surface area is 158 Å². The Morgan fingerprint density at radius 3 is 2.52 bits per heavy atom. The Bertz CT molecular complexity index is 807. The summed E-state index contributed by atoms with van der Waals surface area (Å²) in [6, 6.07) is 13.6. The highest BCUT2D eigenvalue weighted by molar-refractivity contribution is 5.94. The van der Waals surface area contributed by atoms with Gasteiger partial charge in [0.15, 0.2) is 0 Å². The van der Waals surface area contributed by atoms with Crippen LogP contribution in [0.3, 0.4) is 0 Å². The van der Waals surface area contributed by atoms with Crippen molar-refractivity contribution in [3.05, 3.63) is 59.9 Å². The summed E-state index contributed by atoms with van der Waals surface area (Å²) in [4.78, 5) is 26.1. The van der Waals surface area contributed by atoms with Crippen molar-refractivity contribution in [2.24, 2.45) is 5.92 Å². The van der Waals surface area contributed by atoms with E-state index >= 15 is 0 Å². The Morgan fingerprint density at radius 2 is 1.81 bits per heavy atom. The molecule has 5 nitrogen and oxygen atoms in total. The van der Waals surface area contributed by atoms with Crippen LogP contribution in [0, 0.1) is 11.7 Å². The Hall–Kier alpha value is -2.73. The van der Waals surface area contributed by atoms with Gasteiger partial charge in [-0.2, -0.15) is 0 Å². The molecule has 1 aliphatic rings. The number of anilines is 2. The lowest BCUT2D eigenvalue weighted by atomic mass is 9.96. The second-order valence-corrected chi connectivity index (χ2v) is 6.95. The van der Waals surface area contributed by atoms with Crippen molar-refractivity contribution in [3.63, 3.8) is 0 Å². The predicted molar refractivity (Wildman–Crippen MR) is 104 cm³/mol. The summed E-state index contributed by atoms with van der Waals surface area (Å²) in [6.45, 7) is 3.76. The monoisotopic (exact) mass is 369 g/mol. The lowest BCUT2D eigenvalue weighted by Crippen LogP contribution is -2.40. The van der Waals surface area contributed by atoms with E-state index in [9.17, 15) is 14.0 Å². The summed E-state index contributed by atoms with van der Waals surface area (Å²) in [5.41, 5.74) is 2.37. The van der Waals surface area contributed by atoms with Crippen LogP contribution in [0.15, 0.2) is 48.5 Å². The Morgan fingerprint density at radius 1 is 1.11 bits per heavy atom. The van der Waals surface area contributed by atoms with E-state index in [2.05, 4.69) is 15.5 Å². The van der Waals surface area contributed by atoms with Gasteiger partial charge in [0.25, 0.3) is 0 Å². The molecule has 0 radical (unpaired) electrons. The molecule has 1 unspecified atom stereocenters. The summed E-state index contributed by atoms with van der Waals surface area (Å²) < 4.78 is 13.0. The molecule has 1 heterocycles. The molecule has 2 aromatic carbocycles. The van der Waals surface area contributed by atoms with Crippen molar-refractivity contribution >= 4 is 23.2 Å². The number of amides is 2. The van der Waals surface area contributed by atoms with Crippen molar-refractivity contribution in [2.45, 2.75) is 26.3 Å². The molecule has 0 spiro atoms. The Kier molecular flexibility index (Phi) is 6.19. The third-order valence-electron chi connectivity index (χ3n) is 4.65. The van der Waals surface area contributed by atoms with Gasteiger partial charge < -0.3 is 10.6 Å². The van der Waals surface area contributed by atoms with Crippen LogP contribution in [-0.4, -0.2) is 29.8 Å². The zero-order valence-corrected chi connectivity index (χ0v) is 15.4. The van der Waals surface area contributed by atoms with Crippen molar-refractivity contribution < 1.29 is 14.0 Å². The quantitative estimate of drug-likeness (QED) is 0.846. The minimum absolute atomic E-state index is 0.0150. The number of carbonyl (C=O) groups excluding carboxylic acids is 2. The number of carbonyl (C=O) groups is 2. The molecule has 6 heteroatoms. The van der Waals surface area contributed by atoms with Crippen molar-refractivity contribution in [3.8, 4) is 0 Å². The van der Waals surface area contributed by atoms with Crippen LogP contribution in [0.4, 0.5) is 15.8 Å². The number of likely N-dealkylation sites (tertiary alicyclic amines) is 1. The first-order valence-corrected chi connectivity index (χ1v) is 9.15. The lowest BCUT2D eigenvalue weighted by molar-refractivity contribution is -0.121. The first-order valence-electron chi connectivity index (χ1n) is 9.15. The number of hydrogen-bond donors (Lipinski definition) is 2. The zero-order chi connectivity index (χ0) is 19.2. The highest BCUT2D eigenvalue weighted by Crippen LogP contribution is 2.22. The number of piperidine rings is 1. The molecule has 1 atom stereocenters. The first kappa shape index (κ1) is 19.0. The SMILES string of the molecule is CC(=O)Nc1cccc(NC(=O)C2CCCN(Cc3ccc(F)cc3)C2)c1. The molecule has 0 aromatic heterocycles. The molecule has 0 bridgehead atoms. The zero-order valence-electron chi connectivity index (χ0n) is 15.4. The number of rotatable bonds is 5. The summed E-state index contributed by atoms with van der Waals surface area (Å²) in [7, 11) is 0. The Balaban J connectivity index is 1.58. The number of nitrogens with zero attached hydrogens (tertiary/aromatic N) is 1. The fourth-order valence-electron chi connectivity index (χ4n) is 3.38. The molecule has 1 aliphatic heterocycles.